The van der Waals surface area contributed by atoms with Crippen molar-refractivity contribution in [2.75, 3.05) is 13.1 Å². The number of hydrogen-bond acceptors (Lipinski definition) is 1. The minimum absolute atomic E-state index is 0.522. The van der Waals surface area contributed by atoms with E-state index in [1.807, 2.05) is 0 Å². The molecule has 3 fully saturated rings. The lowest BCUT2D eigenvalue weighted by atomic mass is 9.99. The van der Waals surface area contributed by atoms with Gasteiger partial charge in [0.25, 0.3) is 0 Å². The fourth-order valence-electron chi connectivity index (χ4n) is 6.44. The van der Waals surface area contributed by atoms with E-state index in [9.17, 15) is 0 Å². The Morgan fingerprint density at radius 3 is 1.39 bits per heavy atom. The first-order valence-electron chi connectivity index (χ1n) is 10.7. The third-order valence-electron chi connectivity index (χ3n) is 7.14. The molecular weight excluding hydrogens is 297 g/mol. The molecule has 2 saturated carbocycles. The lowest BCUT2D eigenvalue weighted by molar-refractivity contribution is 0.329. The second kappa shape index (κ2) is 7.74. The Kier molecular flexibility index (Phi) is 6.12. The van der Waals surface area contributed by atoms with Gasteiger partial charge in [0, 0.05) is 13.1 Å². The molecular formula is C21H41NP+. The standard InChI is InChI=1S/C21H41NP/c1-21(2,3)23(19-13-7-4-8-14-19,20-15-9-5-10-16-20)22-17-11-6-12-18-22/h19-20H,4-18H2,1-3H3/q+1. The summed E-state index contributed by atoms with van der Waals surface area (Å²) in [6.45, 7) is 10.8. The van der Waals surface area contributed by atoms with Crippen LogP contribution in [0.25, 0.3) is 0 Å². The molecule has 1 aliphatic heterocycles. The molecule has 0 aromatic rings. The quantitative estimate of drug-likeness (QED) is 0.508. The van der Waals surface area contributed by atoms with Crippen LogP contribution in [0.2, 0.25) is 0 Å². The van der Waals surface area contributed by atoms with Crippen LogP contribution >= 0.6 is 7.41 Å². The van der Waals surface area contributed by atoms with Gasteiger partial charge in [-0.2, -0.15) is 4.67 Å². The van der Waals surface area contributed by atoms with E-state index < -0.39 is 7.41 Å². The van der Waals surface area contributed by atoms with Gasteiger partial charge in [0.05, 0.1) is 23.9 Å². The van der Waals surface area contributed by atoms with E-state index in [0.29, 0.717) is 5.16 Å². The van der Waals surface area contributed by atoms with Crippen LogP contribution in [0, 0.1) is 0 Å². The third kappa shape index (κ3) is 3.52. The molecule has 134 valence electrons. The molecule has 0 bridgehead atoms. The van der Waals surface area contributed by atoms with Gasteiger partial charge in [0.1, 0.15) is 0 Å². The van der Waals surface area contributed by atoms with Gasteiger partial charge in [0.15, 0.2) is 0 Å². The molecule has 3 rings (SSSR count). The summed E-state index contributed by atoms with van der Waals surface area (Å²) in [5, 5.41) is 0.522. The molecule has 0 aromatic carbocycles. The molecule has 0 aromatic heterocycles. The van der Waals surface area contributed by atoms with Crippen LogP contribution in [0.3, 0.4) is 0 Å². The van der Waals surface area contributed by atoms with Crippen molar-refractivity contribution in [1.29, 1.82) is 0 Å². The minimum atomic E-state index is -1.07. The van der Waals surface area contributed by atoms with Crippen molar-refractivity contribution in [1.82, 2.24) is 4.67 Å². The van der Waals surface area contributed by atoms with Gasteiger partial charge in [0.2, 0.25) is 0 Å². The highest BCUT2D eigenvalue weighted by atomic mass is 31.2. The van der Waals surface area contributed by atoms with E-state index in [1.165, 1.54) is 70.9 Å². The summed E-state index contributed by atoms with van der Waals surface area (Å²) in [7, 11) is -1.07. The summed E-state index contributed by atoms with van der Waals surface area (Å²) in [6, 6.07) is 0. The van der Waals surface area contributed by atoms with Gasteiger partial charge < -0.3 is 0 Å². The molecule has 23 heavy (non-hydrogen) atoms. The molecule has 2 aliphatic carbocycles. The van der Waals surface area contributed by atoms with Crippen molar-refractivity contribution < 1.29 is 0 Å². The average molecular weight is 339 g/mol. The van der Waals surface area contributed by atoms with Gasteiger partial charge >= 0.3 is 0 Å². The number of nitrogens with zero attached hydrogens (tertiary/aromatic N) is 1. The normalized spacial score (nSPS) is 27.3. The average Bonchev–Trinajstić information content (AvgIpc) is 2.57. The molecule has 3 aliphatic rings. The van der Waals surface area contributed by atoms with E-state index in [1.54, 1.807) is 25.7 Å². The van der Waals surface area contributed by atoms with E-state index in [2.05, 4.69) is 25.4 Å². The molecule has 1 heterocycles. The summed E-state index contributed by atoms with van der Waals surface area (Å²) in [5.41, 5.74) is 2.13. The third-order valence-corrected chi connectivity index (χ3v) is 13.9. The van der Waals surface area contributed by atoms with Crippen LogP contribution in [-0.2, 0) is 0 Å². The van der Waals surface area contributed by atoms with Crippen molar-refractivity contribution in [3.63, 3.8) is 0 Å². The molecule has 0 spiro atoms. The van der Waals surface area contributed by atoms with Crippen molar-refractivity contribution in [2.45, 2.75) is 121 Å². The molecule has 0 amide bonds. The molecule has 0 unspecified atom stereocenters. The van der Waals surface area contributed by atoms with Crippen molar-refractivity contribution >= 4 is 7.41 Å². The van der Waals surface area contributed by atoms with Crippen LogP contribution in [0.4, 0.5) is 0 Å². The molecule has 1 saturated heterocycles. The fraction of sp³-hybridized carbons (Fsp3) is 1.00. The zero-order valence-electron chi connectivity index (χ0n) is 16.2. The SMILES string of the molecule is CC(C)(C)[P+](C1CCCCC1)(C1CCCCC1)N1CCCCC1. The van der Waals surface area contributed by atoms with Crippen LogP contribution in [0.1, 0.15) is 104 Å². The maximum atomic E-state index is 3.16. The maximum Gasteiger partial charge on any atom is 0.0942 e. The first kappa shape index (κ1) is 18.2. The first-order valence-corrected chi connectivity index (χ1v) is 12.6. The molecule has 1 nitrogen and oxygen atoms in total. The lowest BCUT2D eigenvalue weighted by Crippen LogP contribution is -2.49. The zero-order chi connectivity index (χ0) is 16.3. The molecule has 0 atom stereocenters. The fourth-order valence-corrected chi connectivity index (χ4v) is 14.2. The van der Waals surface area contributed by atoms with Crippen molar-refractivity contribution in [3.8, 4) is 0 Å². The van der Waals surface area contributed by atoms with Crippen LogP contribution in [0.5, 0.6) is 0 Å². The van der Waals surface area contributed by atoms with Crippen molar-refractivity contribution in [2.24, 2.45) is 0 Å². The zero-order valence-corrected chi connectivity index (χ0v) is 17.1. The van der Waals surface area contributed by atoms with Gasteiger partial charge in [-0.1, -0.05) is 19.3 Å². The Balaban J connectivity index is 1.99. The Morgan fingerprint density at radius 2 is 1.00 bits per heavy atom. The first-order chi connectivity index (χ1) is 11.1. The summed E-state index contributed by atoms with van der Waals surface area (Å²) in [4.78, 5) is 0. The van der Waals surface area contributed by atoms with Gasteiger partial charge in [-0.25, -0.2) is 0 Å². The monoisotopic (exact) mass is 338 g/mol. The van der Waals surface area contributed by atoms with Gasteiger partial charge in [-0.15, -0.1) is 0 Å². The smallest absolute Gasteiger partial charge is 0.0942 e. The Bertz CT molecular complexity index is 309. The Morgan fingerprint density at radius 1 is 0.609 bits per heavy atom. The number of piperidine rings is 1. The second-order valence-electron chi connectivity index (χ2n) is 9.51. The highest BCUT2D eigenvalue weighted by Crippen LogP contribution is 2.81. The number of rotatable bonds is 3. The van der Waals surface area contributed by atoms with E-state index in [-0.39, 0.29) is 0 Å². The summed E-state index contributed by atoms with van der Waals surface area (Å²) in [5.74, 6) is 0. The summed E-state index contributed by atoms with van der Waals surface area (Å²) in [6.07, 6.45) is 19.7. The van der Waals surface area contributed by atoms with Crippen LogP contribution in [0.15, 0.2) is 0 Å². The van der Waals surface area contributed by atoms with E-state index in [4.69, 9.17) is 0 Å². The van der Waals surface area contributed by atoms with Crippen LogP contribution in [-0.4, -0.2) is 34.2 Å². The predicted molar refractivity (Wildman–Crippen MR) is 106 cm³/mol. The minimum Gasteiger partial charge on any atom is -0.179 e. The molecule has 0 N–H and O–H groups in total. The maximum absolute atomic E-state index is 3.16. The topological polar surface area (TPSA) is 3.24 Å². The highest BCUT2D eigenvalue weighted by Gasteiger charge is 2.63. The predicted octanol–water partition coefficient (Wildman–Crippen LogP) is 6.87. The largest absolute Gasteiger partial charge is 0.179 e. The highest BCUT2D eigenvalue weighted by molar-refractivity contribution is 7.76. The van der Waals surface area contributed by atoms with E-state index in [0.717, 1.165) is 11.3 Å². The molecule has 2 heteroatoms. The van der Waals surface area contributed by atoms with Crippen LogP contribution < -0.4 is 0 Å². The van der Waals surface area contributed by atoms with Gasteiger partial charge in [-0.05, 0) is 85.0 Å². The summed E-state index contributed by atoms with van der Waals surface area (Å²) < 4.78 is 3.16. The van der Waals surface area contributed by atoms with E-state index >= 15 is 0 Å². The number of hydrogen-bond donors (Lipinski definition) is 0. The lowest BCUT2D eigenvalue weighted by Gasteiger charge is -2.55. The summed E-state index contributed by atoms with van der Waals surface area (Å²) >= 11 is 0. The molecule has 0 radical (unpaired) electrons. The van der Waals surface area contributed by atoms with Gasteiger partial charge in [-0.3, -0.25) is 0 Å². The van der Waals surface area contributed by atoms with Crippen molar-refractivity contribution in [3.05, 3.63) is 0 Å². The Labute approximate surface area is 146 Å². The second-order valence-corrected chi connectivity index (χ2v) is 14.4. The Hall–Kier alpha value is 0.390.